The molecule has 3 rings (SSSR count). The minimum atomic E-state index is -0.679. The molecule has 0 spiro atoms. The highest BCUT2D eigenvalue weighted by Crippen LogP contribution is 2.23. The van der Waals surface area contributed by atoms with Crippen molar-refractivity contribution in [2.24, 2.45) is 0 Å². The molecule has 1 N–H and O–H groups in total. The van der Waals surface area contributed by atoms with Crippen LogP contribution < -0.4 is 0 Å². The summed E-state index contributed by atoms with van der Waals surface area (Å²) in [5.74, 6) is 4.18. The highest BCUT2D eigenvalue weighted by atomic mass is 35.5. The average molecular weight is 430 g/mol. The highest BCUT2D eigenvalue weighted by molar-refractivity contribution is 6.31. The summed E-state index contributed by atoms with van der Waals surface area (Å²) < 4.78 is 16.1. The summed E-state index contributed by atoms with van der Waals surface area (Å²) in [5, 5.41) is 15.0. The Morgan fingerprint density at radius 1 is 1.37 bits per heavy atom. The SMILES string of the molecule is C#CCOC[C@@H](O)CN(CCc1nc(-c2ccc(C)c(Cl)c2)no1)Cc1ccco1. The molecule has 0 fully saturated rings. The number of ether oxygens (including phenoxy) is 1. The van der Waals surface area contributed by atoms with Gasteiger partial charge in [0.05, 0.1) is 25.5 Å². The number of aromatic nitrogens is 2. The summed E-state index contributed by atoms with van der Waals surface area (Å²) in [5.41, 5.74) is 1.79. The zero-order chi connectivity index (χ0) is 21.3. The molecular formula is C22H24ClN3O4. The van der Waals surface area contributed by atoms with Gasteiger partial charge in [0, 0.05) is 30.1 Å². The molecule has 0 amide bonds. The van der Waals surface area contributed by atoms with Crippen molar-refractivity contribution in [2.75, 3.05) is 26.3 Å². The molecule has 30 heavy (non-hydrogen) atoms. The summed E-state index contributed by atoms with van der Waals surface area (Å²) in [7, 11) is 0. The standard InChI is InChI=1S/C22H24ClN3O4/c1-3-10-28-15-18(27)13-26(14-19-5-4-11-29-19)9-8-21-24-22(25-30-21)17-7-6-16(2)20(23)12-17/h1,4-7,11-12,18,27H,8-10,13-15H2,2H3/t18-/m0/s1. The van der Waals surface area contributed by atoms with Gasteiger partial charge in [0.15, 0.2) is 0 Å². The van der Waals surface area contributed by atoms with E-state index >= 15 is 0 Å². The first kappa shape index (κ1) is 22.1. The van der Waals surface area contributed by atoms with Crippen LogP contribution in [0.1, 0.15) is 17.2 Å². The van der Waals surface area contributed by atoms with Gasteiger partial charge in [0.25, 0.3) is 0 Å². The number of aliphatic hydroxyl groups is 1. The summed E-state index contributed by atoms with van der Waals surface area (Å²) in [6.45, 7) is 3.78. The van der Waals surface area contributed by atoms with Crippen molar-refractivity contribution in [3.05, 3.63) is 58.8 Å². The molecule has 0 aliphatic heterocycles. The second-order valence-electron chi connectivity index (χ2n) is 6.91. The Bertz CT molecular complexity index is 965. The molecule has 0 saturated heterocycles. The van der Waals surface area contributed by atoms with E-state index in [1.165, 1.54) is 0 Å². The van der Waals surface area contributed by atoms with Crippen LogP contribution in [0.15, 0.2) is 45.5 Å². The lowest BCUT2D eigenvalue weighted by molar-refractivity contribution is 0.0247. The molecule has 1 atom stereocenters. The smallest absolute Gasteiger partial charge is 0.228 e. The lowest BCUT2D eigenvalue weighted by Crippen LogP contribution is -2.36. The zero-order valence-electron chi connectivity index (χ0n) is 16.8. The summed E-state index contributed by atoms with van der Waals surface area (Å²) >= 11 is 6.19. The Labute approximate surface area is 180 Å². The summed E-state index contributed by atoms with van der Waals surface area (Å²) in [6.07, 6.45) is 6.63. The molecule has 2 aromatic heterocycles. The van der Waals surface area contributed by atoms with Crippen LogP contribution in [0.25, 0.3) is 11.4 Å². The van der Waals surface area contributed by atoms with Crippen LogP contribution in [0.4, 0.5) is 0 Å². The molecule has 0 aliphatic carbocycles. The fraction of sp³-hybridized carbons (Fsp3) is 0.364. The topological polar surface area (TPSA) is 84.8 Å². The average Bonchev–Trinajstić information content (AvgIpc) is 3.40. The summed E-state index contributed by atoms with van der Waals surface area (Å²) in [4.78, 5) is 6.50. The monoisotopic (exact) mass is 429 g/mol. The van der Waals surface area contributed by atoms with Gasteiger partial charge in [-0.3, -0.25) is 4.90 Å². The molecule has 0 saturated carbocycles. The molecule has 158 valence electrons. The van der Waals surface area contributed by atoms with E-state index in [0.717, 1.165) is 16.9 Å². The van der Waals surface area contributed by atoms with E-state index in [-0.39, 0.29) is 13.2 Å². The Morgan fingerprint density at radius 3 is 2.97 bits per heavy atom. The maximum Gasteiger partial charge on any atom is 0.228 e. The van der Waals surface area contributed by atoms with Crippen LogP contribution in [0.5, 0.6) is 0 Å². The van der Waals surface area contributed by atoms with Crippen molar-refractivity contribution in [3.63, 3.8) is 0 Å². The maximum atomic E-state index is 10.2. The molecule has 2 heterocycles. The second kappa shape index (κ2) is 11.0. The van der Waals surface area contributed by atoms with Crippen molar-refractivity contribution < 1.29 is 18.8 Å². The van der Waals surface area contributed by atoms with E-state index in [0.29, 0.717) is 42.8 Å². The van der Waals surface area contributed by atoms with E-state index in [9.17, 15) is 5.11 Å². The predicted molar refractivity (Wildman–Crippen MR) is 113 cm³/mol. The number of rotatable bonds is 11. The van der Waals surface area contributed by atoms with Crippen molar-refractivity contribution in [2.45, 2.75) is 26.0 Å². The minimum Gasteiger partial charge on any atom is -0.468 e. The molecular weight excluding hydrogens is 406 g/mol. The van der Waals surface area contributed by atoms with Crippen LogP contribution in [0.3, 0.4) is 0 Å². The van der Waals surface area contributed by atoms with Crippen molar-refractivity contribution in [3.8, 4) is 23.7 Å². The number of nitrogens with zero attached hydrogens (tertiary/aromatic N) is 3. The fourth-order valence-electron chi connectivity index (χ4n) is 2.92. The number of halogens is 1. The van der Waals surface area contributed by atoms with E-state index in [1.807, 2.05) is 42.2 Å². The zero-order valence-corrected chi connectivity index (χ0v) is 17.5. The first-order valence-electron chi connectivity index (χ1n) is 9.58. The molecule has 0 radical (unpaired) electrons. The molecule has 8 heteroatoms. The number of furan rings is 1. The Morgan fingerprint density at radius 2 is 2.23 bits per heavy atom. The number of aliphatic hydroxyl groups excluding tert-OH is 1. The third kappa shape index (κ3) is 6.44. The van der Waals surface area contributed by atoms with Gasteiger partial charge in [0.1, 0.15) is 12.4 Å². The Kier molecular flexibility index (Phi) is 8.05. The van der Waals surface area contributed by atoms with E-state index in [2.05, 4.69) is 16.1 Å². The number of aryl methyl sites for hydroxylation is 1. The largest absolute Gasteiger partial charge is 0.468 e. The molecule has 0 aliphatic rings. The van der Waals surface area contributed by atoms with Crippen molar-refractivity contribution >= 4 is 11.6 Å². The number of hydrogen-bond acceptors (Lipinski definition) is 7. The van der Waals surface area contributed by atoms with Gasteiger partial charge in [-0.15, -0.1) is 6.42 Å². The van der Waals surface area contributed by atoms with Crippen molar-refractivity contribution in [1.29, 1.82) is 0 Å². The number of benzene rings is 1. The number of hydrogen-bond donors (Lipinski definition) is 1. The van der Waals surface area contributed by atoms with Crippen molar-refractivity contribution in [1.82, 2.24) is 15.0 Å². The molecule has 3 aromatic rings. The Hall–Kier alpha value is -2.63. The normalized spacial score (nSPS) is 12.2. The second-order valence-corrected chi connectivity index (χ2v) is 7.32. The molecule has 7 nitrogen and oxygen atoms in total. The third-order valence-corrected chi connectivity index (χ3v) is 4.87. The van der Waals surface area contributed by atoms with Crippen LogP contribution in [0, 0.1) is 19.3 Å². The van der Waals surface area contributed by atoms with Gasteiger partial charge in [0.2, 0.25) is 11.7 Å². The van der Waals surface area contributed by atoms with Crippen LogP contribution in [0.2, 0.25) is 5.02 Å². The van der Waals surface area contributed by atoms with Crippen LogP contribution in [-0.4, -0.2) is 52.6 Å². The quantitative estimate of drug-likeness (QED) is 0.369. The molecule has 0 unspecified atom stereocenters. The van der Waals surface area contributed by atoms with Gasteiger partial charge in [-0.2, -0.15) is 4.98 Å². The van der Waals surface area contributed by atoms with Gasteiger partial charge in [-0.05, 0) is 30.7 Å². The van der Waals surface area contributed by atoms with E-state index < -0.39 is 6.10 Å². The lowest BCUT2D eigenvalue weighted by atomic mass is 10.1. The third-order valence-electron chi connectivity index (χ3n) is 4.46. The van der Waals surface area contributed by atoms with Gasteiger partial charge >= 0.3 is 0 Å². The number of terminal acetylenes is 1. The Balaban J connectivity index is 1.61. The molecule has 0 bridgehead atoms. The first-order chi connectivity index (χ1) is 14.5. The van der Waals surface area contributed by atoms with Gasteiger partial charge in [-0.1, -0.05) is 34.8 Å². The van der Waals surface area contributed by atoms with E-state index in [4.69, 9.17) is 31.7 Å². The maximum absolute atomic E-state index is 10.2. The fourth-order valence-corrected chi connectivity index (χ4v) is 3.10. The highest BCUT2D eigenvalue weighted by Gasteiger charge is 2.16. The van der Waals surface area contributed by atoms with Gasteiger partial charge in [-0.25, -0.2) is 0 Å². The summed E-state index contributed by atoms with van der Waals surface area (Å²) in [6, 6.07) is 9.37. The first-order valence-corrected chi connectivity index (χ1v) is 9.96. The lowest BCUT2D eigenvalue weighted by Gasteiger charge is -2.23. The van der Waals surface area contributed by atoms with Crippen LogP contribution in [-0.2, 0) is 17.7 Å². The van der Waals surface area contributed by atoms with E-state index in [1.54, 1.807) is 6.26 Å². The van der Waals surface area contributed by atoms with Gasteiger partial charge < -0.3 is 18.8 Å². The predicted octanol–water partition coefficient (Wildman–Crippen LogP) is 3.35. The molecule has 1 aromatic carbocycles. The minimum absolute atomic E-state index is 0.164. The van der Waals surface area contributed by atoms with Crippen LogP contribution >= 0.6 is 11.6 Å².